The molecule has 2 N–H and O–H groups in total. The van der Waals surface area contributed by atoms with Crippen LogP contribution in [0.1, 0.15) is 26.2 Å². The summed E-state index contributed by atoms with van der Waals surface area (Å²) in [5, 5.41) is 11.2. The largest absolute Gasteiger partial charge is 0.481 e. The molecule has 0 saturated heterocycles. The number of carboxylic acid groups (broad SMARTS) is 1. The number of pyridine rings is 1. The van der Waals surface area contributed by atoms with Gasteiger partial charge in [-0.05, 0) is 12.5 Å². The van der Waals surface area contributed by atoms with Gasteiger partial charge in [0.2, 0.25) is 5.88 Å². The highest BCUT2D eigenvalue weighted by atomic mass is 16.5. The Hall–Kier alpha value is -2.31. The number of amides is 2. The second-order valence-corrected chi connectivity index (χ2v) is 4.58. The molecule has 0 aliphatic heterocycles. The summed E-state index contributed by atoms with van der Waals surface area (Å²) in [7, 11) is 1.54. The van der Waals surface area contributed by atoms with Gasteiger partial charge in [-0.15, -0.1) is 0 Å². The average Bonchev–Trinajstić information content (AvgIpc) is 2.46. The molecule has 0 aliphatic rings. The van der Waals surface area contributed by atoms with E-state index in [4.69, 9.17) is 9.84 Å². The lowest BCUT2D eigenvalue weighted by Crippen LogP contribution is -2.33. The van der Waals surface area contributed by atoms with Gasteiger partial charge >= 0.3 is 12.0 Å². The average molecular weight is 295 g/mol. The summed E-state index contributed by atoms with van der Waals surface area (Å²) in [5.74, 6) is -0.425. The summed E-state index contributed by atoms with van der Waals surface area (Å²) in [4.78, 5) is 27.6. The number of carbonyl (C=O) groups excluding carboxylic acids is 1. The van der Waals surface area contributed by atoms with Crippen molar-refractivity contribution in [2.75, 3.05) is 25.5 Å². The van der Waals surface area contributed by atoms with E-state index >= 15 is 0 Å². The molecule has 0 spiro atoms. The van der Waals surface area contributed by atoms with Gasteiger partial charge in [0.25, 0.3) is 0 Å². The van der Waals surface area contributed by atoms with Crippen LogP contribution in [0.3, 0.4) is 0 Å². The minimum Gasteiger partial charge on any atom is -0.481 e. The number of unbranched alkanes of at least 4 members (excludes halogenated alkanes) is 1. The molecule has 0 radical (unpaired) electrons. The van der Waals surface area contributed by atoms with Gasteiger partial charge in [0.05, 0.1) is 24.9 Å². The SMILES string of the molecule is CCCCOc1ccc(NC(=O)N(C)CCC(=O)O)cn1. The van der Waals surface area contributed by atoms with Crippen LogP contribution in [0, 0.1) is 0 Å². The summed E-state index contributed by atoms with van der Waals surface area (Å²) in [6.07, 6.45) is 3.43. The van der Waals surface area contributed by atoms with Crippen LogP contribution in [0.5, 0.6) is 5.88 Å². The standard InChI is InChI=1S/C14H21N3O4/c1-3-4-9-21-12-6-5-11(10-15-12)16-14(20)17(2)8-7-13(18)19/h5-6,10H,3-4,7-9H2,1-2H3,(H,16,20)(H,18,19). The molecule has 2 amide bonds. The maximum absolute atomic E-state index is 11.8. The first-order valence-corrected chi connectivity index (χ1v) is 6.85. The molecule has 0 atom stereocenters. The monoisotopic (exact) mass is 295 g/mol. The van der Waals surface area contributed by atoms with E-state index in [9.17, 15) is 9.59 Å². The summed E-state index contributed by atoms with van der Waals surface area (Å²) in [6, 6.07) is 3.00. The molecule has 7 nitrogen and oxygen atoms in total. The van der Waals surface area contributed by atoms with E-state index < -0.39 is 5.97 Å². The Balaban J connectivity index is 2.43. The van der Waals surface area contributed by atoms with Crippen molar-refractivity contribution in [1.82, 2.24) is 9.88 Å². The summed E-state index contributed by atoms with van der Waals surface area (Å²) in [6.45, 7) is 2.84. The van der Waals surface area contributed by atoms with Crippen molar-refractivity contribution >= 4 is 17.7 Å². The number of nitrogens with zero attached hydrogens (tertiary/aromatic N) is 2. The molecular weight excluding hydrogens is 274 g/mol. The van der Waals surface area contributed by atoms with E-state index in [1.807, 2.05) is 0 Å². The van der Waals surface area contributed by atoms with Gasteiger partial charge in [-0.25, -0.2) is 9.78 Å². The second kappa shape index (κ2) is 8.78. The molecule has 0 aromatic carbocycles. The molecule has 0 saturated carbocycles. The Bertz CT molecular complexity index is 462. The van der Waals surface area contributed by atoms with Crippen LogP contribution in [-0.2, 0) is 4.79 Å². The van der Waals surface area contributed by atoms with E-state index in [0.717, 1.165) is 12.8 Å². The van der Waals surface area contributed by atoms with E-state index in [2.05, 4.69) is 17.2 Å². The molecule has 1 rings (SSSR count). The van der Waals surface area contributed by atoms with Crippen molar-refractivity contribution in [3.8, 4) is 5.88 Å². The van der Waals surface area contributed by atoms with Crippen molar-refractivity contribution in [1.29, 1.82) is 0 Å². The number of anilines is 1. The number of aliphatic carboxylic acids is 1. The third-order valence-electron chi connectivity index (χ3n) is 2.74. The smallest absolute Gasteiger partial charge is 0.321 e. The zero-order valence-corrected chi connectivity index (χ0v) is 12.3. The number of urea groups is 1. The fraction of sp³-hybridized carbons (Fsp3) is 0.500. The molecule has 1 aromatic heterocycles. The lowest BCUT2D eigenvalue weighted by Gasteiger charge is -2.16. The predicted molar refractivity (Wildman–Crippen MR) is 78.5 cm³/mol. The fourth-order valence-corrected chi connectivity index (χ4v) is 1.44. The quantitative estimate of drug-likeness (QED) is 0.717. The highest BCUT2D eigenvalue weighted by molar-refractivity contribution is 5.89. The summed E-state index contributed by atoms with van der Waals surface area (Å²) in [5.41, 5.74) is 0.532. The lowest BCUT2D eigenvalue weighted by molar-refractivity contribution is -0.137. The number of hydrogen-bond donors (Lipinski definition) is 2. The molecule has 1 heterocycles. The number of carboxylic acids is 1. The van der Waals surface area contributed by atoms with Crippen molar-refractivity contribution in [3.63, 3.8) is 0 Å². The number of ether oxygens (including phenoxy) is 1. The Morgan fingerprint density at radius 1 is 1.43 bits per heavy atom. The third-order valence-corrected chi connectivity index (χ3v) is 2.74. The summed E-state index contributed by atoms with van der Waals surface area (Å²) < 4.78 is 5.42. The van der Waals surface area contributed by atoms with E-state index in [1.54, 1.807) is 12.1 Å². The number of nitrogens with one attached hydrogen (secondary N) is 1. The van der Waals surface area contributed by atoms with Crippen LogP contribution in [0.15, 0.2) is 18.3 Å². The summed E-state index contributed by atoms with van der Waals surface area (Å²) >= 11 is 0. The minimum absolute atomic E-state index is 0.0909. The van der Waals surface area contributed by atoms with E-state index in [-0.39, 0.29) is 19.0 Å². The highest BCUT2D eigenvalue weighted by Gasteiger charge is 2.10. The number of rotatable bonds is 8. The van der Waals surface area contributed by atoms with Gasteiger partial charge in [-0.3, -0.25) is 4.79 Å². The topological polar surface area (TPSA) is 91.8 Å². The Morgan fingerprint density at radius 2 is 2.19 bits per heavy atom. The van der Waals surface area contributed by atoms with Gasteiger partial charge in [-0.2, -0.15) is 0 Å². The molecule has 7 heteroatoms. The van der Waals surface area contributed by atoms with Gasteiger partial charge in [0.1, 0.15) is 0 Å². The van der Waals surface area contributed by atoms with Crippen molar-refractivity contribution in [2.45, 2.75) is 26.2 Å². The van der Waals surface area contributed by atoms with Crippen LogP contribution in [0.4, 0.5) is 10.5 Å². The molecular formula is C14H21N3O4. The maximum Gasteiger partial charge on any atom is 0.321 e. The van der Waals surface area contributed by atoms with Crippen molar-refractivity contribution < 1.29 is 19.4 Å². The maximum atomic E-state index is 11.8. The number of carbonyl (C=O) groups is 2. The van der Waals surface area contributed by atoms with Crippen LogP contribution in [0.25, 0.3) is 0 Å². The van der Waals surface area contributed by atoms with E-state index in [0.29, 0.717) is 18.2 Å². The second-order valence-electron chi connectivity index (χ2n) is 4.58. The van der Waals surface area contributed by atoms with Crippen LogP contribution < -0.4 is 10.1 Å². The van der Waals surface area contributed by atoms with Gasteiger partial charge < -0.3 is 20.1 Å². The first kappa shape index (κ1) is 16.7. The molecule has 0 aliphatic carbocycles. The third kappa shape index (κ3) is 6.60. The van der Waals surface area contributed by atoms with Crippen LogP contribution in [0.2, 0.25) is 0 Å². The van der Waals surface area contributed by atoms with Crippen molar-refractivity contribution in [2.24, 2.45) is 0 Å². The molecule has 1 aromatic rings. The van der Waals surface area contributed by atoms with Gasteiger partial charge in [0.15, 0.2) is 0 Å². The zero-order chi connectivity index (χ0) is 15.7. The number of aromatic nitrogens is 1. The normalized spacial score (nSPS) is 10.0. The molecule has 0 fully saturated rings. The molecule has 21 heavy (non-hydrogen) atoms. The Kier molecular flexibility index (Phi) is 7.00. The van der Waals surface area contributed by atoms with Crippen LogP contribution >= 0.6 is 0 Å². The minimum atomic E-state index is -0.940. The fourth-order valence-electron chi connectivity index (χ4n) is 1.44. The van der Waals surface area contributed by atoms with Gasteiger partial charge in [-0.1, -0.05) is 13.3 Å². The molecule has 0 bridgehead atoms. The Morgan fingerprint density at radius 3 is 2.76 bits per heavy atom. The molecule has 0 unspecified atom stereocenters. The lowest BCUT2D eigenvalue weighted by atomic mass is 10.3. The van der Waals surface area contributed by atoms with Crippen LogP contribution in [-0.4, -0.2) is 47.2 Å². The van der Waals surface area contributed by atoms with Crippen molar-refractivity contribution in [3.05, 3.63) is 18.3 Å². The zero-order valence-electron chi connectivity index (χ0n) is 12.3. The van der Waals surface area contributed by atoms with Gasteiger partial charge in [0, 0.05) is 19.7 Å². The highest BCUT2D eigenvalue weighted by Crippen LogP contribution is 2.12. The first-order valence-electron chi connectivity index (χ1n) is 6.85. The first-order chi connectivity index (χ1) is 10.0. The Labute approximate surface area is 123 Å². The predicted octanol–water partition coefficient (Wildman–Crippen LogP) is 2.20. The molecule has 116 valence electrons. The van der Waals surface area contributed by atoms with E-state index in [1.165, 1.54) is 18.1 Å². The number of hydrogen-bond acceptors (Lipinski definition) is 4.